The number of aromatic hydroxyl groups is 1. The van der Waals surface area contributed by atoms with Crippen molar-refractivity contribution in [2.75, 3.05) is 6.26 Å². The molecule has 5 heteroatoms. The second kappa shape index (κ2) is 3.50. The van der Waals surface area contributed by atoms with Crippen molar-refractivity contribution in [1.82, 2.24) is 0 Å². The summed E-state index contributed by atoms with van der Waals surface area (Å²) >= 11 is 0. The summed E-state index contributed by atoms with van der Waals surface area (Å²) in [6.07, 6.45) is 1.12. The van der Waals surface area contributed by atoms with E-state index in [2.05, 4.69) is 0 Å². The summed E-state index contributed by atoms with van der Waals surface area (Å²) < 4.78 is 22.6. The van der Waals surface area contributed by atoms with Gasteiger partial charge in [-0.3, -0.25) is 0 Å². The second-order valence-corrected chi connectivity index (χ2v) is 6.19. The molecule has 0 atom stereocenters. The minimum Gasteiger partial charge on any atom is -0.508 e. The van der Waals surface area contributed by atoms with Crippen LogP contribution in [-0.4, -0.2) is 19.8 Å². The number of hydrogen-bond donors (Lipinski definition) is 2. The summed E-state index contributed by atoms with van der Waals surface area (Å²) in [5, 5.41) is 9.56. The number of nitrogens with two attached hydrogens (primary N) is 1. The summed E-state index contributed by atoms with van der Waals surface area (Å²) in [5.74, 6) is 0.00917. The smallest absolute Gasteiger partial charge is 0.175 e. The van der Waals surface area contributed by atoms with E-state index in [1.807, 2.05) is 0 Å². The molecule has 0 aliphatic rings. The molecule has 1 rings (SSSR count). The fourth-order valence-corrected chi connectivity index (χ4v) is 1.91. The molecule has 0 aliphatic carbocycles. The lowest BCUT2D eigenvalue weighted by Crippen LogP contribution is -2.28. The molecule has 0 fully saturated rings. The van der Waals surface area contributed by atoms with Crippen molar-refractivity contribution in [2.45, 2.75) is 24.3 Å². The maximum atomic E-state index is 11.3. The van der Waals surface area contributed by atoms with Gasteiger partial charge < -0.3 is 10.8 Å². The van der Waals surface area contributed by atoms with Crippen molar-refractivity contribution in [3.05, 3.63) is 23.8 Å². The van der Waals surface area contributed by atoms with Gasteiger partial charge in [-0.2, -0.15) is 0 Å². The van der Waals surface area contributed by atoms with E-state index in [4.69, 9.17) is 5.73 Å². The van der Waals surface area contributed by atoms with Crippen LogP contribution in [0.1, 0.15) is 19.4 Å². The monoisotopic (exact) mass is 229 g/mol. The quantitative estimate of drug-likeness (QED) is 0.792. The lowest BCUT2D eigenvalue weighted by atomic mass is 9.95. The van der Waals surface area contributed by atoms with Gasteiger partial charge in [0.2, 0.25) is 0 Å². The molecule has 0 radical (unpaired) electrons. The van der Waals surface area contributed by atoms with Gasteiger partial charge in [-0.25, -0.2) is 8.42 Å². The largest absolute Gasteiger partial charge is 0.508 e. The number of hydrogen-bond acceptors (Lipinski definition) is 4. The van der Waals surface area contributed by atoms with Gasteiger partial charge in [-0.1, -0.05) is 0 Å². The van der Waals surface area contributed by atoms with Crippen LogP contribution >= 0.6 is 0 Å². The van der Waals surface area contributed by atoms with Gasteiger partial charge in [-0.05, 0) is 32.0 Å². The zero-order chi connectivity index (χ0) is 11.9. The minimum absolute atomic E-state index is 0.00917. The van der Waals surface area contributed by atoms with Gasteiger partial charge in [-0.15, -0.1) is 0 Å². The predicted molar refractivity (Wildman–Crippen MR) is 58.4 cm³/mol. The van der Waals surface area contributed by atoms with E-state index >= 15 is 0 Å². The molecule has 1 aromatic carbocycles. The molecule has 0 saturated carbocycles. The SMILES string of the molecule is CC(C)(N)c1cc(S(C)(=O)=O)ccc1O. The Bertz CT molecular complexity index is 472. The molecular weight excluding hydrogens is 214 g/mol. The fourth-order valence-electron chi connectivity index (χ4n) is 1.26. The highest BCUT2D eigenvalue weighted by Gasteiger charge is 2.20. The van der Waals surface area contributed by atoms with Crippen LogP contribution in [-0.2, 0) is 15.4 Å². The Morgan fingerprint density at radius 2 is 1.87 bits per heavy atom. The summed E-state index contributed by atoms with van der Waals surface area (Å²) in [5.41, 5.74) is 5.46. The van der Waals surface area contributed by atoms with Crippen LogP contribution in [0, 0.1) is 0 Å². The van der Waals surface area contributed by atoms with Gasteiger partial charge in [0.05, 0.1) is 4.90 Å². The normalized spacial score (nSPS) is 12.8. The maximum absolute atomic E-state index is 11.3. The second-order valence-electron chi connectivity index (χ2n) is 4.17. The van der Waals surface area contributed by atoms with Crippen LogP contribution in [0.4, 0.5) is 0 Å². The Kier molecular flexibility index (Phi) is 2.80. The average Bonchev–Trinajstić information content (AvgIpc) is 2.00. The molecule has 84 valence electrons. The highest BCUT2D eigenvalue weighted by molar-refractivity contribution is 7.90. The van der Waals surface area contributed by atoms with Crippen LogP contribution in [0.25, 0.3) is 0 Å². The minimum atomic E-state index is -3.27. The number of benzene rings is 1. The molecule has 0 heterocycles. The lowest BCUT2D eigenvalue weighted by molar-refractivity contribution is 0.439. The van der Waals surface area contributed by atoms with Gasteiger partial charge in [0.1, 0.15) is 5.75 Å². The topological polar surface area (TPSA) is 80.4 Å². The molecule has 3 N–H and O–H groups in total. The van der Waals surface area contributed by atoms with Crippen LogP contribution < -0.4 is 5.73 Å². The zero-order valence-corrected chi connectivity index (χ0v) is 9.80. The van der Waals surface area contributed by atoms with E-state index in [1.54, 1.807) is 13.8 Å². The molecular formula is C10H15NO3S. The van der Waals surface area contributed by atoms with E-state index < -0.39 is 15.4 Å². The highest BCUT2D eigenvalue weighted by Crippen LogP contribution is 2.29. The Hall–Kier alpha value is -1.07. The Morgan fingerprint density at radius 1 is 1.33 bits per heavy atom. The van der Waals surface area contributed by atoms with Gasteiger partial charge in [0, 0.05) is 17.4 Å². The molecule has 0 bridgehead atoms. The van der Waals surface area contributed by atoms with Crippen molar-refractivity contribution >= 4 is 9.84 Å². The van der Waals surface area contributed by atoms with Gasteiger partial charge in [0.25, 0.3) is 0 Å². The first kappa shape index (κ1) is 12.0. The van der Waals surface area contributed by atoms with E-state index in [1.165, 1.54) is 18.2 Å². The Labute approximate surface area is 89.7 Å². The maximum Gasteiger partial charge on any atom is 0.175 e. The third-order valence-corrected chi connectivity index (χ3v) is 3.20. The van der Waals surface area contributed by atoms with Crippen LogP contribution in [0.15, 0.2) is 23.1 Å². The summed E-state index contributed by atoms with van der Waals surface area (Å²) in [6.45, 7) is 3.40. The van der Waals surface area contributed by atoms with E-state index in [0.717, 1.165) is 6.26 Å². The molecule has 0 aliphatic heterocycles. The van der Waals surface area contributed by atoms with Crippen molar-refractivity contribution in [2.24, 2.45) is 5.73 Å². The number of phenolic OH excluding ortho intramolecular Hbond substituents is 1. The third-order valence-electron chi connectivity index (χ3n) is 2.09. The first-order valence-corrected chi connectivity index (χ1v) is 6.34. The number of phenols is 1. The van der Waals surface area contributed by atoms with Crippen LogP contribution in [0.5, 0.6) is 5.75 Å². The Morgan fingerprint density at radius 3 is 2.27 bits per heavy atom. The molecule has 1 aromatic rings. The van der Waals surface area contributed by atoms with E-state index in [-0.39, 0.29) is 10.6 Å². The first-order chi connectivity index (χ1) is 6.62. The fraction of sp³-hybridized carbons (Fsp3) is 0.400. The van der Waals surface area contributed by atoms with E-state index in [9.17, 15) is 13.5 Å². The van der Waals surface area contributed by atoms with Crippen LogP contribution in [0.3, 0.4) is 0 Å². The van der Waals surface area contributed by atoms with Gasteiger partial charge in [0.15, 0.2) is 9.84 Å². The summed E-state index contributed by atoms with van der Waals surface area (Å²) in [4.78, 5) is 0.161. The predicted octanol–water partition coefficient (Wildman–Crippen LogP) is 0.990. The first-order valence-electron chi connectivity index (χ1n) is 4.45. The highest BCUT2D eigenvalue weighted by atomic mass is 32.2. The van der Waals surface area contributed by atoms with E-state index in [0.29, 0.717) is 5.56 Å². The molecule has 0 saturated heterocycles. The molecule has 0 aromatic heterocycles. The Balaban J connectivity index is 3.43. The average molecular weight is 229 g/mol. The van der Waals surface area contributed by atoms with Crippen molar-refractivity contribution < 1.29 is 13.5 Å². The molecule has 4 nitrogen and oxygen atoms in total. The molecule has 0 unspecified atom stereocenters. The molecule has 0 amide bonds. The zero-order valence-electron chi connectivity index (χ0n) is 8.98. The summed E-state index contributed by atoms with van der Waals surface area (Å²) in [6, 6.07) is 4.12. The molecule has 15 heavy (non-hydrogen) atoms. The van der Waals surface area contributed by atoms with Gasteiger partial charge >= 0.3 is 0 Å². The standard InChI is InChI=1S/C10H15NO3S/c1-10(2,11)8-6-7(15(3,13)14)4-5-9(8)12/h4-6,12H,11H2,1-3H3. The van der Waals surface area contributed by atoms with Crippen molar-refractivity contribution in [3.8, 4) is 5.75 Å². The number of rotatable bonds is 2. The summed E-state index contributed by atoms with van der Waals surface area (Å²) in [7, 11) is -3.27. The lowest BCUT2D eigenvalue weighted by Gasteiger charge is -2.20. The van der Waals surface area contributed by atoms with Crippen molar-refractivity contribution in [1.29, 1.82) is 0 Å². The van der Waals surface area contributed by atoms with Crippen molar-refractivity contribution in [3.63, 3.8) is 0 Å². The third kappa shape index (κ3) is 2.70. The molecule has 0 spiro atoms. The number of sulfone groups is 1. The van der Waals surface area contributed by atoms with Crippen LogP contribution in [0.2, 0.25) is 0 Å².